The zero-order valence-electron chi connectivity index (χ0n) is 9.65. The highest BCUT2D eigenvalue weighted by Gasteiger charge is 2.10. The molecule has 5 heteroatoms. The third-order valence-corrected chi connectivity index (χ3v) is 3.27. The van der Waals surface area contributed by atoms with Crippen molar-refractivity contribution in [3.8, 4) is 0 Å². The number of amides is 1. The van der Waals surface area contributed by atoms with E-state index in [2.05, 4.69) is 5.32 Å². The Balaban J connectivity index is 1.93. The number of thiophene rings is 1. The van der Waals surface area contributed by atoms with E-state index in [0.717, 1.165) is 12.5 Å². The fourth-order valence-corrected chi connectivity index (χ4v) is 2.28. The van der Waals surface area contributed by atoms with Crippen molar-refractivity contribution in [2.45, 2.75) is 6.42 Å². The SMILES string of the molecule is Nc1ccc(F)cc1C(=O)NCCc1ccsc1. The van der Waals surface area contributed by atoms with E-state index in [0.29, 0.717) is 6.54 Å². The maximum atomic E-state index is 13.0. The lowest BCUT2D eigenvalue weighted by Gasteiger charge is -2.07. The molecule has 0 saturated heterocycles. The van der Waals surface area contributed by atoms with Gasteiger partial charge in [-0.25, -0.2) is 4.39 Å². The normalized spacial score (nSPS) is 10.3. The van der Waals surface area contributed by atoms with E-state index in [-0.39, 0.29) is 17.2 Å². The summed E-state index contributed by atoms with van der Waals surface area (Å²) in [6.07, 6.45) is 0.754. The minimum absolute atomic E-state index is 0.181. The second-order valence-electron chi connectivity index (χ2n) is 3.87. The van der Waals surface area contributed by atoms with Crippen molar-refractivity contribution >= 4 is 22.9 Å². The average Bonchev–Trinajstić information content (AvgIpc) is 2.85. The number of benzene rings is 1. The van der Waals surface area contributed by atoms with E-state index in [9.17, 15) is 9.18 Å². The third kappa shape index (κ3) is 3.07. The quantitative estimate of drug-likeness (QED) is 0.833. The van der Waals surface area contributed by atoms with Crippen LogP contribution in [0, 0.1) is 5.82 Å². The molecule has 0 bridgehead atoms. The molecule has 3 nitrogen and oxygen atoms in total. The first-order chi connectivity index (χ1) is 8.66. The Bertz CT molecular complexity index is 540. The van der Waals surface area contributed by atoms with Crippen molar-refractivity contribution in [2.24, 2.45) is 0 Å². The molecule has 0 fully saturated rings. The monoisotopic (exact) mass is 264 g/mol. The molecule has 0 spiro atoms. The molecule has 0 unspecified atom stereocenters. The van der Waals surface area contributed by atoms with Gasteiger partial charge >= 0.3 is 0 Å². The Morgan fingerprint density at radius 3 is 2.94 bits per heavy atom. The molecule has 94 valence electrons. The van der Waals surface area contributed by atoms with Crippen molar-refractivity contribution in [3.63, 3.8) is 0 Å². The number of nitrogens with one attached hydrogen (secondary N) is 1. The van der Waals surface area contributed by atoms with Crippen LogP contribution in [0.5, 0.6) is 0 Å². The van der Waals surface area contributed by atoms with Crippen LogP contribution in [0.2, 0.25) is 0 Å². The minimum atomic E-state index is -0.466. The zero-order chi connectivity index (χ0) is 13.0. The fraction of sp³-hybridized carbons (Fsp3) is 0.154. The van der Waals surface area contributed by atoms with E-state index in [1.165, 1.54) is 17.7 Å². The van der Waals surface area contributed by atoms with Gasteiger partial charge < -0.3 is 11.1 Å². The lowest BCUT2D eigenvalue weighted by atomic mass is 10.1. The highest BCUT2D eigenvalue weighted by atomic mass is 32.1. The maximum absolute atomic E-state index is 13.0. The Labute approximate surface area is 108 Å². The van der Waals surface area contributed by atoms with Crippen LogP contribution in [0.3, 0.4) is 0 Å². The number of hydrogen-bond acceptors (Lipinski definition) is 3. The van der Waals surface area contributed by atoms with Gasteiger partial charge in [0.25, 0.3) is 5.91 Å². The van der Waals surface area contributed by atoms with Crippen LogP contribution < -0.4 is 11.1 Å². The molecule has 0 aliphatic carbocycles. The van der Waals surface area contributed by atoms with Crippen LogP contribution >= 0.6 is 11.3 Å². The molecule has 2 aromatic rings. The predicted molar refractivity (Wildman–Crippen MR) is 71.2 cm³/mol. The lowest BCUT2D eigenvalue weighted by molar-refractivity contribution is 0.0954. The van der Waals surface area contributed by atoms with Gasteiger partial charge in [0.15, 0.2) is 0 Å². The molecule has 3 N–H and O–H groups in total. The maximum Gasteiger partial charge on any atom is 0.253 e. The average molecular weight is 264 g/mol. The van der Waals surface area contributed by atoms with Crippen LogP contribution in [0.4, 0.5) is 10.1 Å². The molecule has 1 amide bonds. The first-order valence-electron chi connectivity index (χ1n) is 5.51. The standard InChI is InChI=1S/C13H13FN2OS/c14-10-1-2-12(15)11(7-10)13(17)16-5-3-9-4-6-18-8-9/h1-2,4,6-8H,3,5,15H2,(H,16,17). The topological polar surface area (TPSA) is 55.1 Å². The third-order valence-electron chi connectivity index (χ3n) is 2.54. The zero-order valence-corrected chi connectivity index (χ0v) is 10.5. The van der Waals surface area contributed by atoms with E-state index in [1.54, 1.807) is 11.3 Å². The lowest BCUT2D eigenvalue weighted by Crippen LogP contribution is -2.26. The van der Waals surface area contributed by atoms with E-state index in [4.69, 9.17) is 5.73 Å². The van der Waals surface area contributed by atoms with Crippen molar-refractivity contribution < 1.29 is 9.18 Å². The molecule has 0 aliphatic rings. The van der Waals surface area contributed by atoms with Gasteiger partial charge in [-0.15, -0.1) is 0 Å². The van der Waals surface area contributed by atoms with Gasteiger partial charge in [-0.3, -0.25) is 4.79 Å². The Morgan fingerprint density at radius 2 is 2.22 bits per heavy atom. The summed E-state index contributed by atoms with van der Waals surface area (Å²) in [5.41, 5.74) is 7.27. The van der Waals surface area contributed by atoms with E-state index in [1.807, 2.05) is 16.8 Å². The molecule has 1 aromatic heterocycles. The minimum Gasteiger partial charge on any atom is -0.398 e. The summed E-state index contributed by atoms with van der Waals surface area (Å²) < 4.78 is 13.0. The molecule has 1 aromatic carbocycles. The van der Waals surface area contributed by atoms with Crippen molar-refractivity contribution in [2.75, 3.05) is 12.3 Å². The molecule has 18 heavy (non-hydrogen) atoms. The molecule has 0 atom stereocenters. The molecule has 2 rings (SSSR count). The van der Waals surface area contributed by atoms with Crippen LogP contribution in [-0.2, 0) is 6.42 Å². The summed E-state index contributed by atoms with van der Waals surface area (Å²) in [6, 6.07) is 5.78. The fourth-order valence-electron chi connectivity index (χ4n) is 1.58. The van der Waals surface area contributed by atoms with E-state index >= 15 is 0 Å². The molecule has 0 radical (unpaired) electrons. The second kappa shape index (κ2) is 5.64. The summed E-state index contributed by atoms with van der Waals surface area (Å²) in [5, 5.41) is 6.74. The van der Waals surface area contributed by atoms with Gasteiger partial charge in [0.05, 0.1) is 5.56 Å². The largest absolute Gasteiger partial charge is 0.398 e. The highest BCUT2D eigenvalue weighted by Crippen LogP contribution is 2.13. The number of carbonyl (C=O) groups is 1. The summed E-state index contributed by atoms with van der Waals surface area (Å²) in [5.74, 6) is -0.811. The van der Waals surface area contributed by atoms with E-state index < -0.39 is 5.82 Å². The molecule has 1 heterocycles. The summed E-state index contributed by atoms with van der Waals surface area (Å²) in [7, 11) is 0. The highest BCUT2D eigenvalue weighted by molar-refractivity contribution is 7.07. The number of anilines is 1. The van der Waals surface area contributed by atoms with Gasteiger partial charge in [-0.2, -0.15) is 11.3 Å². The van der Waals surface area contributed by atoms with Crippen molar-refractivity contribution in [1.82, 2.24) is 5.32 Å². The predicted octanol–water partition coefficient (Wildman–Crippen LogP) is 2.44. The number of halogens is 1. The Morgan fingerprint density at radius 1 is 1.39 bits per heavy atom. The summed E-state index contributed by atoms with van der Waals surface area (Å²) >= 11 is 1.62. The first-order valence-corrected chi connectivity index (χ1v) is 6.45. The van der Waals surface area contributed by atoms with Crippen LogP contribution in [0.1, 0.15) is 15.9 Å². The number of carbonyl (C=O) groups excluding carboxylic acids is 1. The first kappa shape index (κ1) is 12.6. The number of hydrogen-bond donors (Lipinski definition) is 2. The van der Waals surface area contributed by atoms with Crippen LogP contribution in [0.15, 0.2) is 35.0 Å². The van der Waals surface area contributed by atoms with Gasteiger partial charge in [0, 0.05) is 12.2 Å². The second-order valence-corrected chi connectivity index (χ2v) is 4.65. The molecule has 0 saturated carbocycles. The van der Waals surface area contributed by atoms with Gasteiger partial charge in [0.1, 0.15) is 5.82 Å². The van der Waals surface area contributed by atoms with Gasteiger partial charge in [-0.1, -0.05) is 0 Å². The Hall–Kier alpha value is -1.88. The van der Waals surface area contributed by atoms with Gasteiger partial charge in [0.2, 0.25) is 0 Å². The number of nitrogens with two attached hydrogens (primary N) is 1. The number of nitrogen functional groups attached to an aromatic ring is 1. The molecular weight excluding hydrogens is 251 g/mol. The Kier molecular flexibility index (Phi) is 3.94. The van der Waals surface area contributed by atoms with Crippen LogP contribution in [0.25, 0.3) is 0 Å². The van der Waals surface area contributed by atoms with Crippen molar-refractivity contribution in [3.05, 3.63) is 52.0 Å². The smallest absolute Gasteiger partial charge is 0.253 e. The summed E-state index contributed by atoms with van der Waals surface area (Å²) in [4.78, 5) is 11.8. The van der Waals surface area contributed by atoms with Crippen molar-refractivity contribution in [1.29, 1.82) is 0 Å². The van der Waals surface area contributed by atoms with Crippen LogP contribution in [-0.4, -0.2) is 12.5 Å². The molecule has 0 aliphatic heterocycles. The molecular formula is C13H13FN2OS. The van der Waals surface area contributed by atoms with Gasteiger partial charge in [-0.05, 0) is 47.0 Å². The number of rotatable bonds is 4. The summed E-state index contributed by atoms with van der Waals surface area (Å²) in [6.45, 7) is 0.505.